The molecule has 1 atom stereocenters. The number of sulfonamides is 1. The van der Waals surface area contributed by atoms with Gasteiger partial charge in [-0.2, -0.15) is 0 Å². The van der Waals surface area contributed by atoms with Crippen molar-refractivity contribution in [3.63, 3.8) is 0 Å². The molecule has 0 radical (unpaired) electrons. The van der Waals surface area contributed by atoms with Crippen molar-refractivity contribution in [1.29, 1.82) is 0 Å². The van der Waals surface area contributed by atoms with E-state index in [4.69, 9.17) is 0 Å². The van der Waals surface area contributed by atoms with E-state index in [0.29, 0.717) is 11.4 Å². The van der Waals surface area contributed by atoms with Crippen LogP contribution in [0.25, 0.3) is 0 Å². The zero-order valence-corrected chi connectivity index (χ0v) is 12.1. The summed E-state index contributed by atoms with van der Waals surface area (Å²) in [4.78, 5) is 3.25. The Morgan fingerprint density at radius 1 is 1.44 bits per heavy atom. The largest absolute Gasteiger partial charge is 0.363 e. The number of rotatable bonds is 8. The van der Waals surface area contributed by atoms with E-state index in [1.807, 2.05) is 14.0 Å². The molecule has 0 aliphatic heterocycles. The molecule has 0 saturated heterocycles. The van der Waals surface area contributed by atoms with Crippen molar-refractivity contribution < 1.29 is 8.42 Å². The van der Waals surface area contributed by atoms with Gasteiger partial charge in [0.25, 0.3) is 0 Å². The Kier molecular flexibility index (Phi) is 5.84. The summed E-state index contributed by atoms with van der Waals surface area (Å²) in [5, 5.41) is 2.97. The monoisotopic (exact) mass is 273 g/mol. The van der Waals surface area contributed by atoms with Crippen molar-refractivity contribution in [3.8, 4) is 0 Å². The Morgan fingerprint density at radius 3 is 2.78 bits per heavy atom. The molecule has 0 aliphatic rings. The highest BCUT2D eigenvalue weighted by Gasteiger charge is 2.18. The van der Waals surface area contributed by atoms with Gasteiger partial charge in [-0.3, -0.25) is 0 Å². The van der Waals surface area contributed by atoms with Gasteiger partial charge in [-0.1, -0.05) is 19.8 Å². The van der Waals surface area contributed by atoms with E-state index in [2.05, 4.69) is 21.9 Å². The lowest BCUT2D eigenvalue weighted by Crippen LogP contribution is -2.32. The summed E-state index contributed by atoms with van der Waals surface area (Å²) in [5.41, 5.74) is 0.860. The fraction of sp³-hybridized carbons (Fsp3) is 0.667. The third-order valence-corrected chi connectivity index (χ3v) is 4.31. The first kappa shape index (κ1) is 15.2. The predicted molar refractivity (Wildman–Crippen MR) is 72.9 cm³/mol. The van der Waals surface area contributed by atoms with Gasteiger partial charge in [-0.05, 0) is 26.5 Å². The highest BCUT2D eigenvalue weighted by atomic mass is 32.2. The van der Waals surface area contributed by atoms with E-state index in [9.17, 15) is 8.42 Å². The van der Waals surface area contributed by atoms with E-state index in [0.717, 1.165) is 25.0 Å². The van der Waals surface area contributed by atoms with Gasteiger partial charge in [-0.25, -0.2) is 13.1 Å². The minimum atomic E-state index is -3.40. The van der Waals surface area contributed by atoms with Crippen LogP contribution in [0.2, 0.25) is 0 Å². The van der Waals surface area contributed by atoms with Crippen molar-refractivity contribution in [2.45, 2.75) is 50.6 Å². The molecule has 0 saturated carbocycles. The molecule has 18 heavy (non-hydrogen) atoms. The third-order valence-electron chi connectivity index (χ3n) is 2.74. The lowest BCUT2D eigenvalue weighted by atomic mass is 10.2. The maximum absolute atomic E-state index is 12.1. The van der Waals surface area contributed by atoms with Crippen LogP contribution >= 0.6 is 0 Å². The second-order valence-electron chi connectivity index (χ2n) is 4.56. The molecule has 0 aromatic carbocycles. The van der Waals surface area contributed by atoms with Gasteiger partial charge in [0.15, 0.2) is 0 Å². The van der Waals surface area contributed by atoms with E-state index in [1.54, 1.807) is 6.07 Å². The maximum atomic E-state index is 12.1. The van der Waals surface area contributed by atoms with Crippen LogP contribution in [0.4, 0.5) is 0 Å². The molecular formula is C12H23N3O2S. The van der Waals surface area contributed by atoms with Gasteiger partial charge in [0, 0.05) is 24.5 Å². The molecule has 1 heterocycles. The zero-order valence-electron chi connectivity index (χ0n) is 11.3. The number of aromatic nitrogens is 1. The zero-order chi connectivity index (χ0) is 13.6. The van der Waals surface area contributed by atoms with Crippen LogP contribution in [0.15, 0.2) is 17.2 Å². The van der Waals surface area contributed by atoms with Crippen molar-refractivity contribution in [1.82, 2.24) is 15.0 Å². The molecule has 0 bridgehead atoms. The van der Waals surface area contributed by atoms with Gasteiger partial charge in [0.1, 0.15) is 0 Å². The van der Waals surface area contributed by atoms with Crippen LogP contribution in [0.5, 0.6) is 0 Å². The summed E-state index contributed by atoms with van der Waals surface area (Å²) in [6.07, 6.45) is 4.50. The van der Waals surface area contributed by atoms with Crippen LogP contribution in [-0.4, -0.2) is 26.5 Å². The van der Waals surface area contributed by atoms with Crippen molar-refractivity contribution in [2.24, 2.45) is 0 Å². The van der Waals surface area contributed by atoms with E-state index in [-0.39, 0.29) is 6.04 Å². The molecule has 1 aromatic rings. The number of hydrogen-bond acceptors (Lipinski definition) is 3. The van der Waals surface area contributed by atoms with Gasteiger partial charge in [0.05, 0.1) is 4.90 Å². The first-order chi connectivity index (χ1) is 8.49. The van der Waals surface area contributed by atoms with Gasteiger partial charge in [0.2, 0.25) is 10.0 Å². The van der Waals surface area contributed by atoms with Crippen molar-refractivity contribution in [2.75, 3.05) is 7.05 Å². The van der Waals surface area contributed by atoms with Crippen molar-refractivity contribution in [3.05, 3.63) is 18.0 Å². The van der Waals surface area contributed by atoms with E-state index < -0.39 is 10.0 Å². The summed E-state index contributed by atoms with van der Waals surface area (Å²) >= 11 is 0. The van der Waals surface area contributed by atoms with Gasteiger partial charge in [-0.15, -0.1) is 0 Å². The highest BCUT2D eigenvalue weighted by Crippen LogP contribution is 2.12. The number of H-pyrrole nitrogens is 1. The Morgan fingerprint density at radius 2 is 2.17 bits per heavy atom. The minimum absolute atomic E-state index is 0.0300. The topological polar surface area (TPSA) is 74.0 Å². The molecule has 0 aliphatic carbocycles. The van der Waals surface area contributed by atoms with Gasteiger partial charge >= 0.3 is 0 Å². The average molecular weight is 273 g/mol. The molecule has 1 rings (SSSR count). The molecule has 1 unspecified atom stereocenters. The smallest absolute Gasteiger partial charge is 0.242 e. The number of hydrogen-bond donors (Lipinski definition) is 3. The fourth-order valence-electron chi connectivity index (χ4n) is 1.77. The molecule has 0 amide bonds. The standard InChI is InChI=1S/C12H23N3O2S/c1-4-5-6-10(2)15-18(16,17)12-7-11(8-13-3)14-9-12/h7,9-10,13-15H,4-6,8H2,1-3H3. The molecule has 0 spiro atoms. The lowest BCUT2D eigenvalue weighted by Gasteiger charge is -2.12. The Bertz CT molecular complexity index is 454. The molecular weight excluding hydrogens is 250 g/mol. The molecule has 5 nitrogen and oxygen atoms in total. The van der Waals surface area contributed by atoms with Crippen LogP contribution < -0.4 is 10.0 Å². The van der Waals surface area contributed by atoms with Gasteiger partial charge < -0.3 is 10.3 Å². The summed E-state index contributed by atoms with van der Waals surface area (Å²) in [7, 11) is -1.58. The van der Waals surface area contributed by atoms with Crippen LogP contribution in [0.1, 0.15) is 38.8 Å². The van der Waals surface area contributed by atoms with Crippen molar-refractivity contribution >= 4 is 10.0 Å². The average Bonchev–Trinajstić information content (AvgIpc) is 2.75. The molecule has 1 aromatic heterocycles. The number of nitrogens with one attached hydrogen (secondary N) is 3. The minimum Gasteiger partial charge on any atom is -0.363 e. The fourth-order valence-corrected chi connectivity index (χ4v) is 3.06. The Labute approximate surface area is 109 Å². The summed E-state index contributed by atoms with van der Waals surface area (Å²) in [5.74, 6) is 0. The SMILES string of the molecule is CCCCC(C)NS(=O)(=O)c1c[nH]c(CNC)c1. The molecule has 3 N–H and O–H groups in total. The normalized spacial score (nSPS) is 13.7. The second kappa shape index (κ2) is 6.92. The van der Waals surface area contributed by atoms with Crippen LogP contribution in [0.3, 0.4) is 0 Å². The van der Waals surface area contributed by atoms with E-state index in [1.165, 1.54) is 6.20 Å². The third kappa shape index (κ3) is 4.44. The molecule has 104 valence electrons. The Balaban J connectivity index is 2.67. The molecule has 0 fully saturated rings. The number of aromatic amines is 1. The summed E-state index contributed by atoms with van der Waals surface area (Å²) in [6.45, 7) is 4.62. The predicted octanol–water partition coefficient (Wildman–Crippen LogP) is 1.59. The van der Waals surface area contributed by atoms with E-state index >= 15 is 0 Å². The quantitative estimate of drug-likeness (QED) is 0.673. The Hall–Kier alpha value is -0.850. The lowest BCUT2D eigenvalue weighted by molar-refractivity contribution is 0.534. The first-order valence-electron chi connectivity index (χ1n) is 6.33. The molecule has 6 heteroatoms. The highest BCUT2D eigenvalue weighted by molar-refractivity contribution is 7.89. The van der Waals surface area contributed by atoms with Crippen LogP contribution in [-0.2, 0) is 16.6 Å². The summed E-state index contributed by atoms with van der Waals surface area (Å²) in [6, 6.07) is 1.63. The number of unbranched alkanes of at least 4 members (excludes halogenated alkanes) is 1. The van der Waals surface area contributed by atoms with Crippen LogP contribution in [0, 0.1) is 0 Å². The first-order valence-corrected chi connectivity index (χ1v) is 7.82. The second-order valence-corrected chi connectivity index (χ2v) is 6.27. The summed E-state index contributed by atoms with van der Waals surface area (Å²) < 4.78 is 26.8. The maximum Gasteiger partial charge on any atom is 0.242 e.